The van der Waals surface area contributed by atoms with E-state index in [0.717, 1.165) is 0 Å². The Labute approximate surface area is 168 Å². The number of para-hydroxylation sites is 2. The number of anilines is 1. The predicted octanol–water partition coefficient (Wildman–Crippen LogP) is 3.26. The van der Waals surface area contributed by atoms with Gasteiger partial charge in [-0.25, -0.2) is 4.79 Å². The number of hydrogen-bond donors (Lipinski definition) is 1. The quantitative estimate of drug-likeness (QED) is 0.379. The number of ether oxygens (including phenoxy) is 2. The summed E-state index contributed by atoms with van der Waals surface area (Å²) in [4.78, 5) is 25.5. The molecule has 0 saturated carbocycles. The molecular weight excluding hydrogens is 372 g/mol. The van der Waals surface area contributed by atoms with Crippen molar-refractivity contribution >= 4 is 17.6 Å². The van der Waals surface area contributed by atoms with Gasteiger partial charge in [0.15, 0.2) is 12.4 Å². The normalized spacial score (nSPS) is 11.3. The third kappa shape index (κ3) is 5.10. The van der Waals surface area contributed by atoms with Gasteiger partial charge in [0.05, 0.1) is 17.9 Å². The molecule has 1 amide bonds. The van der Waals surface area contributed by atoms with E-state index in [1.54, 1.807) is 54.6 Å². The van der Waals surface area contributed by atoms with Crippen molar-refractivity contribution in [3.63, 3.8) is 0 Å². The van der Waals surface area contributed by atoms with Gasteiger partial charge in [0.25, 0.3) is 5.91 Å². The van der Waals surface area contributed by atoms with Crippen molar-refractivity contribution in [3.05, 3.63) is 95.5 Å². The number of nitrogens with one attached hydrogen (secondary N) is 1. The second-order valence-electron chi connectivity index (χ2n) is 6.06. The molecule has 0 unspecified atom stereocenters. The Kier molecular flexibility index (Phi) is 6.42. The molecule has 3 rings (SSSR count). The molecular formula is C22H20N2O5. The number of carbonyl (C=O) groups is 2. The number of hydrogen-bond acceptors (Lipinski definition) is 5. The minimum atomic E-state index is -1.18. The zero-order chi connectivity index (χ0) is 20.6. The minimum absolute atomic E-state index is 0.167. The number of nitrogens with zero attached hydrogens (tertiary/aromatic N) is 1. The van der Waals surface area contributed by atoms with Crippen LogP contribution in [-0.2, 0) is 9.53 Å². The molecule has 29 heavy (non-hydrogen) atoms. The van der Waals surface area contributed by atoms with Crippen molar-refractivity contribution in [2.24, 2.45) is 0 Å². The average molecular weight is 392 g/mol. The Hall–Kier alpha value is -3.87. The SMILES string of the molecule is CCOc1ccccc1NC(=O)[C@@H](OC(=O)c1cc[n+]([O-])cc1)c1ccccc1. The van der Waals surface area contributed by atoms with Gasteiger partial charge in [0.2, 0.25) is 6.10 Å². The summed E-state index contributed by atoms with van der Waals surface area (Å²) < 4.78 is 11.6. The molecule has 0 saturated heterocycles. The lowest BCUT2D eigenvalue weighted by atomic mass is 10.1. The van der Waals surface area contributed by atoms with Crippen molar-refractivity contribution in [1.29, 1.82) is 0 Å². The van der Waals surface area contributed by atoms with E-state index in [4.69, 9.17) is 9.47 Å². The van der Waals surface area contributed by atoms with E-state index >= 15 is 0 Å². The molecule has 0 spiro atoms. The van der Waals surface area contributed by atoms with Gasteiger partial charge in [-0.05, 0) is 19.1 Å². The molecule has 0 fully saturated rings. The van der Waals surface area contributed by atoms with E-state index in [-0.39, 0.29) is 5.56 Å². The highest BCUT2D eigenvalue weighted by atomic mass is 16.5. The fraction of sp³-hybridized carbons (Fsp3) is 0.136. The molecule has 0 aliphatic carbocycles. The molecule has 3 aromatic rings. The predicted molar refractivity (Wildman–Crippen MR) is 106 cm³/mol. The molecule has 1 atom stereocenters. The summed E-state index contributed by atoms with van der Waals surface area (Å²) in [6.07, 6.45) is 1.19. The van der Waals surface area contributed by atoms with Crippen LogP contribution in [-0.4, -0.2) is 18.5 Å². The first-order chi connectivity index (χ1) is 14.1. The Morgan fingerprint density at radius 3 is 2.34 bits per heavy atom. The van der Waals surface area contributed by atoms with Crippen molar-refractivity contribution < 1.29 is 23.8 Å². The van der Waals surface area contributed by atoms with Crippen molar-refractivity contribution in [1.82, 2.24) is 0 Å². The summed E-state index contributed by atoms with van der Waals surface area (Å²) >= 11 is 0. The van der Waals surface area contributed by atoms with Crippen molar-refractivity contribution in [2.75, 3.05) is 11.9 Å². The Bertz CT molecular complexity index is 974. The zero-order valence-electron chi connectivity index (χ0n) is 15.8. The summed E-state index contributed by atoms with van der Waals surface area (Å²) in [5.41, 5.74) is 1.16. The summed E-state index contributed by atoms with van der Waals surface area (Å²) in [5.74, 6) is -0.719. The van der Waals surface area contributed by atoms with Crippen LogP contribution in [0.1, 0.15) is 28.9 Å². The van der Waals surface area contributed by atoms with E-state index in [2.05, 4.69) is 5.32 Å². The Morgan fingerprint density at radius 2 is 1.66 bits per heavy atom. The molecule has 7 heteroatoms. The molecule has 2 aromatic carbocycles. The lowest BCUT2D eigenvalue weighted by Crippen LogP contribution is -2.27. The van der Waals surface area contributed by atoms with E-state index < -0.39 is 18.0 Å². The highest BCUT2D eigenvalue weighted by Crippen LogP contribution is 2.27. The largest absolute Gasteiger partial charge is 0.619 e. The topological polar surface area (TPSA) is 91.6 Å². The second kappa shape index (κ2) is 9.36. The van der Waals surface area contributed by atoms with Crippen LogP contribution in [0.4, 0.5) is 5.69 Å². The van der Waals surface area contributed by atoms with Crippen LogP contribution in [0, 0.1) is 5.21 Å². The standard InChI is InChI=1S/C22H20N2O5/c1-2-28-19-11-7-6-10-18(19)23-21(25)20(16-8-4-3-5-9-16)29-22(26)17-12-14-24(27)15-13-17/h3-15,20H,2H2,1H3,(H,23,25)/t20-/m0/s1. The Balaban J connectivity index is 1.85. The van der Waals surface area contributed by atoms with Gasteiger partial charge >= 0.3 is 5.97 Å². The van der Waals surface area contributed by atoms with Crippen LogP contribution in [0.15, 0.2) is 79.1 Å². The summed E-state index contributed by atoms with van der Waals surface area (Å²) in [6.45, 7) is 2.29. The number of amides is 1. The highest BCUT2D eigenvalue weighted by Gasteiger charge is 2.26. The number of carbonyl (C=O) groups excluding carboxylic acids is 2. The molecule has 1 aromatic heterocycles. The molecule has 7 nitrogen and oxygen atoms in total. The first-order valence-electron chi connectivity index (χ1n) is 9.06. The lowest BCUT2D eigenvalue weighted by molar-refractivity contribution is -0.605. The van der Waals surface area contributed by atoms with Crippen LogP contribution >= 0.6 is 0 Å². The van der Waals surface area contributed by atoms with Crippen LogP contribution in [0.2, 0.25) is 0 Å². The number of pyridine rings is 1. The van der Waals surface area contributed by atoms with Gasteiger partial charge in [-0.15, -0.1) is 0 Å². The molecule has 0 radical (unpaired) electrons. The second-order valence-corrected chi connectivity index (χ2v) is 6.06. The molecule has 1 N–H and O–H groups in total. The molecule has 0 aliphatic heterocycles. The van der Waals surface area contributed by atoms with E-state index in [1.807, 2.05) is 6.92 Å². The van der Waals surface area contributed by atoms with Gasteiger partial charge < -0.3 is 20.0 Å². The van der Waals surface area contributed by atoms with Crippen LogP contribution in [0.3, 0.4) is 0 Å². The molecule has 0 bridgehead atoms. The first-order valence-corrected chi connectivity index (χ1v) is 9.06. The molecule has 148 valence electrons. The summed E-state index contributed by atoms with van der Waals surface area (Å²) in [7, 11) is 0. The fourth-order valence-electron chi connectivity index (χ4n) is 2.67. The van der Waals surface area contributed by atoms with Crippen LogP contribution in [0.25, 0.3) is 0 Å². The maximum atomic E-state index is 13.0. The zero-order valence-corrected chi connectivity index (χ0v) is 15.8. The van der Waals surface area contributed by atoms with Crippen molar-refractivity contribution in [2.45, 2.75) is 13.0 Å². The van der Waals surface area contributed by atoms with E-state index in [0.29, 0.717) is 28.3 Å². The summed E-state index contributed by atoms with van der Waals surface area (Å²) in [6, 6.07) is 18.4. The number of benzene rings is 2. The van der Waals surface area contributed by atoms with Crippen LogP contribution in [0.5, 0.6) is 5.75 Å². The van der Waals surface area contributed by atoms with Crippen LogP contribution < -0.4 is 14.8 Å². The molecule has 0 aliphatic rings. The average Bonchev–Trinajstić information content (AvgIpc) is 2.74. The smallest absolute Gasteiger partial charge is 0.339 e. The monoisotopic (exact) mass is 392 g/mol. The van der Waals surface area contributed by atoms with E-state index in [9.17, 15) is 14.8 Å². The van der Waals surface area contributed by atoms with Gasteiger partial charge in [-0.2, -0.15) is 4.73 Å². The fourth-order valence-corrected chi connectivity index (χ4v) is 2.67. The van der Waals surface area contributed by atoms with Gasteiger partial charge in [0.1, 0.15) is 5.75 Å². The number of aromatic nitrogens is 1. The van der Waals surface area contributed by atoms with Gasteiger partial charge in [-0.3, -0.25) is 4.79 Å². The first kappa shape index (κ1) is 19.9. The van der Waals surface area contributed by atoms with Gasteiger partial charge in [0, 0.05) is 17.7 Å². The van der Waals surface area contributed by atoms with E-state index in [1.165, 1.54) is 24.5 Å². The number of rotatable bonds is 7. The van der Waals surface area contributed by atoms with Gasteiger partial charge in [-0.1, -0.05) is 42.5 Å². The third-order valence-electron chi connectivity index (χ3n) is 4.05. The number of esters is 1. The highest BCUT2D eigenvalue weighted by molar-refractivity contribution is 5.98. The third-order valence-corrected chi connectivity index (χ3v) is 4.05. The lowest BCUT2D eigenvalue weighted by Gasteiger charge is -2.19. The van der Waals surface area contributed by atoms with Crippen molar-refractivity contribution in [3.8, 4) is 5.75 Å². The Morgan fingerprint density at radius 1 is 1.00 bits per heavy atom. The summed E-state index contributed by atoms with van der Waals surface area (Å²) in [5, 5.41) is 13.9. The maximum absolute atomic E-state index is 13.0. The molecule has 1 heterocycles. The minimum Gasteiger partial charge on any atom is -0.619 e. The maximum Gasteiger partial charge on any atom is 0.339 e.